The SMILES string of the molecule is C(#Cc1ccccc1)COCc1c(-c2ccccc2)c2c(c(-c3ccccc3)c1-c1ccccc1)COC2. The molecule has 1 aliphatic heterocycles. The van der Waals surface area contributed by atoms with Gasteiger partial charge in [0.2, 0.25) is 0 Å². The van der Waals surface area contributed by atoms with Crippen LogP contribution in [0.1, 0.15) is 22.3 Å². The highest BCUT2D eigenvalue weighted by Gasteiger charge is 2.29. The molecule has 0 N–H and O–H groups in total. The van der Waals surface area contributed by atoms with E-state index >= 15 is 0 Å². The van der Waals surface area contributed by atoms with E-state index < -0.39 is 0 Å². The molecule has 6 rings (SSSR count). The summed E-state index contributed by atoms with van der Waals surface area (Å²) in [6.07, 6.45) is 0. The highest BCUT2D eigenvalue weighted by Crippen LogP contribution is 2.47. The van der Waals surface area contributed by atoms with Crippen LogP contribution in [0.15, 0.2) is 121 Å². The summed E-state index contributed by atoms with van der Waals surface area (Å²) in [5.41, 5.74) is 11.9. The Balaban J connectivity index is 1.53. The maximum Gasteiger partial charge on any atom is 0.108 e. The standard InChI is InChI=1S/C36H28O2/c1-5-14-27(15-6-1)16-13-23-37-26-33-34(28-17-7-2-8-18-28)31-24-38-25-32(31)35(29-19-9-3-10-20-29)36(33)30-21-11-4-12-22-30/h1-12,14-15,17-22H,23-26H2. The third kappa shape index (κ3) is 4.91. The van der Waals surface area contributed by atoms with Gasteiger partial charge in [-0.3, -0.25) is 0 Å². The molecule has 0 aromatic heterocycles. The summed E-state index contributed by atoms with van der Waals surface area (Å²) in [5, 5.41) is 0. The molecule has 0 fully saturated rings. The molecule has 0 bridgehead atoms. The molecule has 5 aromatic rings. The van der Waals surface area contributed by atoms with Crippen molar-refractivity contribution in [2.75, 3.05) is 6.61 Å². The van der Waals surface area contributed by atoms with E-state index in [-0.39, 0.29) is 0 Å². The Morgan fingerprint density at radius 1 is 0.553 bits per heavy atom. The Morgan fingerprint density at radius 3 is 1.61 bits per heavy atom. The largest absolute Gasteiger partial charge is 0.372 e. The van der Waals surface area contributed by atoms with Gasteiger partial charge in [0, 0.05) is 5.56 Å². The zero-order valence-electron chi connectivity index (χ0n) is 21.2. The van der Waals surface area contributed by atoms with Crippen molar-refractivity contribution in [2.24, 2.45) is 0 Å². The van der Waals surface area contributed by atoms with E-state index in [9.17, 15) is 0 Å². The van der Waals surface area contributed by atoms with Gasteiger partial charge in [0.1, 0.15) is 6.61 Å². The third-order valence-electron chi connectivity index (χ3n) is 6.93. The minimum atomic E-state index is 0.353. The lowest BCUT2D eigenvalue weighted by molar-refractivity contribution is 0.134. The predicted octanol–water partition coefficient (Wildman–Crippen LogP) is 8.29. The van der Waals surface area contributed by atoms with E-state index in [1.54, 1.807) is 0 Å². The second kappa shape index (κ2) is 11.3. The maximum absolute atomic E-state index is 6.30. The van der Waals surface area contributed by atoms with Gasteiger partial charge in [0.15, 0.2) is 0 Å². The minimum Gasteiger partial charge on any atom is -0.372 e. The Morgan fingerprint density at radius 2 is 1.03 bits per heavy atom. The van der Waals surface area contributed by atoms with Crippen LogP contribution in [0.4, 0.5) is 0 Å². The lowest BCUT2D eigenvalue weighted by Crippen LogP contribution is -2.06. The topological polar surface area (TPSA) is 18.5 Å². The first-order chi connectivity index (χ1) is 18.9. The first-order valence-corrected chi connectivity index (χ1v) is 13.0. The van der Waals surface area contributed by atoms with Crippen molar-refractivity contribution < 1.29 is 9.47 Å². The van der Waals surface area contributed by atoms with Crippen LogP contribution in [-0.2, 0) is 29.3 Å². The fraction of sp³-hybridized carbons (Fsp3) is 0.111. The molecule has 184 valence electrons. The van der Waals surface area contributed by atoms with Crippen LogP contribution in [0.25, 0.3) is 33.4 Å². The molecule has 1 heterocycles. The van der Waals surface area contributed by atoms with Gasteiger partial charge in [0.25, 0.3) is 0 Å². The van der Waals surface area contributed by atoms with Crippen LogP contribution in [0, 0.1) is 11.8 Å². The van der Waals surface area contributed by atoms with E-state index in [4.69, 9.17) is 9.47 Å². The third-order valence-corrected chi connectivity index (χ3v) is 6.93. The van der Waals surface area contributed by atoms with Crippen LogP contribution in [0.3, 0.4) is 0 Å². The number of benzene rings is 5. The molecule has 0 amide bonds. The highest BCUT2D eigenvalue weighted by molar-refractivity contribution is 5.94. The normalized spacial score (nSPS) is 12.0. The Kier molecular flexibility index (Phi) is 7.13. The molecule has 2 heteroatoms. The van der Waals surface area contributed by atoms with Crippen molar-refractivity contribution in [1.29, 1.82) is 0 Å². The maximum atomic E-state index is 6.30. The van der Waals surface area contributed by atoms with Crippen molar-refractivity contribution in [2.45, 2.75) is 19.8 Å². The quantitative estimate of drug-likeness (QED) is 0.175. The zero-order valence-corrected chi connectivity index (χ0v) is 21.2. The van der Waals surface area contributed by atoms with Gasteiger partial charge in [0.05, 0.1) is 19.8 Å². The molecule has 0 saturated heterocycles. The van der Waals surface area contributed by atoms with Gasteiger partial charge in [-0.15, -0.1) is 0 Å². The van der Waals surface area contributed by atoms with Gasteiger partial charge < -0.3 is 9.47 Å². The molecule has 0 aliphatic carbocycles. The van der Waals surface area contributed by atoms with Crippen LogP contribution in [0.2, 0.25) is 0 Å². The fourth-order valence-electron chi connectivity index (χ4n) is 5.29. The van der Waals surface area contributed by atoms with Gasteiger partial charge in [-0.05, 0) is 62.2 Å². The molecule has 2 nitrogen and oxygen atoms in total. The summed E-state index contributed by atoms with van der Waals surface area (Å²) in [5.74, 6) is 6.40. The smallest absolute Gasteiger partial charge is 0.108 e. The second-order valence-corrected chi connectivity index (χ2v) is 9.31. The Labute approximate surface area is 224 Å². The number of ether oxygens (including phenoxy) is 2. The van der Waals surface area contributed by atoms with Crippen LogP contribution >= 0.6 is 0 Å². The summed E-state index contributed by atoms with van der Waals surface area (Å²) in [6.45, 7) is 1.99. The molecule has 0 atom stereocenters. The molecule has 1 aliphatic rings. The van der Waals surface area contributed by atoms with E-state index in [2.05, 4.69) is 103 Å². The van der Waals surface area contributed by atoms with E-state index in [0.717, 1.165) is 5.56 Å². The number of hydrogen-bond acceptors (Lipinski definition) is 2. The molecule has 0 saturated carbocycles. The molecule has 0 radical (unpaired) electrons. The molecule has 0 unspecified atom stereocenters. The van der Waals surface area contributed by atoms with Gasteiger partial charge in [-0.1, -0.05) is 121 Å². The number of fused-ring (bicyclic) bond motifs is 1. The predicted molar refractivity (Wildman–Crippen MR) is 154 cm³/mol. The Bertz CT molecular complexity index is 1580. The summed E-state index contributed by atoms with van der Waals surface area (Å²) in [7, 11) is 0. The fourth-order valence-corrected chi connectivity index (χ4v) is 5.29. The van der Waals surface area contributed by atoms with E-state index in [1.807, 2.05) is 30.3 Å². The van der Waals surface area contributed by atoms with E-state index in [0.29, 0.717) is 26.4 Å². The first kappa shape index (κ1) is 23.9. The van der Waals surface area contributed by atoms with Crippen molar-refractivity contribution in [3.05, 3.63) is 144 Å². The lowest BCUT2D eigenvalue weighted by Gasteiger charge is -2.24. The monoisotopic (exact) mass is 492 g/mol. The average molecular weight is 493 g/mol. The van der Waals surface area contributed by atoms with E-state index in [1.165, 1.54) is 50.1 Å². The molecular weight excluding hydrogens is 464 g/mol. The molecular formula is C36H28O2. The average Bonchev–Trinajstić information content (AvgIpc) is 3.47. The van der Waals surface area contributed by atoms with Gasteiger partial charge in [-0.25, -0.2) is 0 Å². The van der Waals surface area contributed by atoms with Crippen molar-refractivity contribution >= 4 is 0 Å². The minimum absolute atomic E-state index is 0.353. The van der Waals surface area contributed by atoms with Crippen molar-refractivity contribution in [1.82, 2.24) is 0 Å². The van der Waals surface area contributed by atoms with Gasteiger partial charge in [-0.2, -0.15) is 0 Å². The number of rotatable bonds is 6. The highest BCUT2D eigenvalue weighted by atomic mass is 16.5. The lowest BCUT2D eigenvalue weighted by atomic mass is 9.80. The van der Waals surface area contributed by atoms with Crippen molar-refractivity contribution in [3.63, 3.8) is 0 Å². The van der Waals surface area contributed by atoms with Crippen LogP contribution < -0.4 is 0 Å². The van der Waals surface area contributed by atoms with Gasteiger partial charge >= 0.3 is 0 Å². The summed E-state index contributed by atoms with van der Waals surface area (Å²) in [4.78, 5) is 0. The molecule has 5 aromatic carbocycles. The second-order valence-electron chi connectivity index (χ2n) is 9.31. The first-order valence-electron chi connectivity index (χ1n) is 13.0. The summed E-state index contributed by atoms with van der Waals surface area (Å²) in [6, 6.07) is 42.0. The summed E-state index contributed by atoms with van der Waals surface area (Å²) >= 11 is 0. The Hall–Kier alpha value is -4.42. The molecule has 38 heavy (non-hydrogen) atoms. The zero-order chi connectivity index (χ0) is 25.6. The van der Waals surface area contributed by atoms with Crippen molar-refractivity contribution in [3.8, 4) is 45.2 Å². The number of hydrogen-bond donors (Lipinski definition) is 0. The molecule has 0 spiro atoms. The van der Waals surface area contributed by atoms with Crippen LogP contribution in [0.5, 0.6) is 0 Å². The van der Waals surface area contributed by atoms with Crippen LogP contribution in [-0.4, -0.2) is 6.61 Å². The summed E-state index contributed by atoms with van der Waals surface area (Å²) < 4.78 is 12.4.